The summed E-state index contributed by atoms with van der Waals surface area (Å²) < 4.78 is 6.48. The molecule has 0 saturated carbocycles. The number of urea groups is 1. The van der Waals surface area contributed by atoms with Crippen LogP contribution in [0.15, 0.2) is 24.3 Å². The van der Waals surface area contributed by atoms with Gasteiger partial charge in [0.15, 0.2) is 0 Å². The van der Waals surface area contributed by atoms with E-state index in [4.69, 9.17) is 4.74 Å². The first-order valence-electron chi connectivity index (χ1n) is 7.59. The maximum absolute atomic E-state index is 12.3. The van der Waals surface area contributed by atoms with Gasteiger partial charge in [-0.25, -0.2) is 9.78 Å². The molecule has 1 aromatic heterocycles. The molecule has 2 heterocycles. The highest BCUT2D eigenvalue weighted by Gasteiger charge is 2.22. The lowest BCUT2D eigenvalue weighted by Crippen LogP contribution is -2.40. The largest absolute Gasteiger partial charge is 0.381 e. The van der Waals surface area contributed by atoms with E-state index in [9.17, 15) is 4.79 Å². The Morgan fingerprint density at radius 1 is 1.55 bits per heavy atom. The van der Waals surface area contributed by atoms with Gasteiger partial charge in [0.2, 0.25) is 0 Å². The summed E-state index contributed by atoms with van der Waals surface area (Å²) in [6.45, 7) is 4.24. The molecule has 2 unspecified atom stereocenters. The van der Waals surface area contributed by atoms with Crippen LogP contribution in [0.3, 0.4) is 0 Å². The normalized spacial score (nSPS) is 19.3. The Labute approximate surface area is 134 Å². The molecule has 1 saturated heterocycles. The molecule has 1 N–H and O–H groups in total. The van der Waals surface area contributed by atoms with Crippen molar-refractivity contribution in [2.45, 2.75) is 19.4 Å². The zero-order valence-electron chi connectivity index (χ0n) is 12.9. The van der Waals surface area contributed by atoms with E-state index in [1.807, 2.05) is 32.2 Å². The number of fused-ring (bicyclic) bond motifs is 1. The number of ether oxygens (including phenoxy) is 1. The zero-order chi connectivity index (χ0) is 15.5. The van der Waals surface area contributed by atoms with Gasteiger partial charge in [-0.05, 0) is 25.5 Å². The summed E-state index contributed by atoms with van der Waals surface area (Å²) >= 11 is 1.64. The molecule has 1 fully saturated rings. The fourth-order valence-corrected chi connectivity index (χ4v) is 3.57. The monoisotopic (exact) mass is 319 g/mol. The number of amides is 2. The number of hydrogen-bond donors (Lipinski definition) is 1. The van der Waals surface area contributed by atoms with E-state index in [0.29, 0.717) is 12.5 Å². The number of rotatable bonds is 4. The lowest BCUT2D eigenvalue weighted by molar-refractivity contribution is 0.179. The van der Waals surface area contributed by atoms with Crippen molar-refractivity contribution < 1.29 is 9.53 Å². The lowest BCUT2D eigenvalue weighted by atomic mass is 10.1. The van der Waals surface area contributed by atoms with Crippen LogP contribution in [-0.2, 0) is 4.74 Å². The van der Waals surface area contributed by atoms with Gasteiger partial charge in [-0.2, -0.15) is 0 Å². The summed E-state index contributed by atoms with van der Waals surface area (Å²) in [5.41, 5.74) is 0.992. The number of nitrogens with zero attached hydrogens (tertiary/aromatic N) is 2. The van der Waals surface area contributed by atoms with Crippen molar-refractivity contribution >= 4 is 27.6 Å². The molecule has 0 radical (unpaired) electrons. The van der Waals surface area contributed by atoms with E-state index in [-0.39, 0.29) is 12.1 Å². The summed E-state index contributed by atoms with van der Waals surface area (Å²) in [5, 5.41) is 3.95. The van der Waals surface area contributed by atoms with Gasteiger partial charge in [0.05, 0.1) is 22.9 Å². The van der Waals surface area contributed by atoms with Gasteiger partial charge in [-0.1, -0.05) is 12.1 Å². The van der Waals surface area contributed by atoms with E-state index >= 15 is 0 Å². The fraction of sp³-hybridized carbons (Fsp3) is 0.500. The van der Waals surface area contributed by atoms with Crippen LogP contribution in [0, 0.1) is 5.92 Å². The highest BCUT2D eigenvalue weighted by Crippen LogP contribution is 2.28. The number of aromatic nitrogens is 1. The minimum Gasteiger partial charge on any atom is -0.381 e. The van der Waals surface area contributed by atoms with E-state index < -0.39 is 0 Å². The minimum atomic E-state index is -0.0568. The van der Waals surface area contributed by atoms with Crippen LogP contribution in [0.4, 0.5) is 4.79 Å². The van der Waals surface area contributed by atoms with Crippen molar-refractivity contribution in [1.29, 1.82) is 0 Å². The summed E-state index contributed by atoms with van der Waals surface area (Å²) in [6.07, 6.45) is 1.03. The molecular formula is C16H21N3O2S. The Kier molecular flexibility index (Phi) is 4.59. The van der Waals surface area contributed by atoms with Gasteiger partial charge in [0.1, 0.15) is 5.01 Å². The number of nitrogens with one attached hydrogen (secondary N) is 1. The zero-order valence-corrected chi connectivity index (χ0v) is 13.7. The van der Waals surface area contributed by atoms with Crippen LogP contribution in [0.25, 0.3) is 10.2 Å². The second-order valence-corrected chi connectivity index (χ2v) is 6.78. The van der Waals surface area contributed by atoms with E-state index in [1.54, 1.807) is 16.2 Å². The van der Waals surface area contributed by atoms with E-state index in [2.05, 4.69) is 16.4 Å². The van der Waals surface area contributed by atoms with Crippen molar-refractivity contribution in [3.05, 3.63) is 29.3 Å². The van der Waals surface area contributed by atoms with Gasteiger partial charge in [-0.3, -0.25) is 0 Å². The smallest absolute Gasteiger partial charge is 0.317 e. The van der Waals surface area contributed by atoms with Gasteiger partial charge in [-0.15, -0.1) is 11.3 Å². The second-order valence-electron chi connectivity index (χ2n) is 5.72. The molecule has 0 spiro atoms. The summed E-state index contributed by atoms with van der Waals surface area (Å²) in [5.74, 6) is 0.440. The van der Waals surface area contributed by atoms with Gasteiger partial charge in [0, 0.05) is 26.1 Å². The molecule has 22 heavy (non-hydrogen) atoms. The summed E-state index contributed by atoms with van der Waals surface area (Å²) in [6, 6.07) is 7.95. The predicted octanol–water partition coefficient (Wildman–Crippen LogP) is 3.04. The fourth-order valence-electron chi connectivity index (χ4n) is 2.51. The first kappa shape index (κ1) is 15.2. The molecule has 1 aromatic carbocycles. The van der Waals surface area contributed by atoms with Gasteiger partial charge >= 0.3 is 6.03 Å². The average molecular weight is 319 g/mol. The molecular weight excluding hydrogens is 298 g/mol. The molecule has 2 amide bonds. The molecule has 0 aliphatic carbocycles. The third-order valence-electron chi connectivity index (χ3n) is 4.14. The molecule has 5 nitrogen and oxygen atoms in total. The van der Waals surface area contributed by atoms with Crippen LogP contribution in [0.1, 0.15) is 24.4 Å². The molecule has 2 atom stereocenters. The SMILES string of the molecule is CC(c1nc2ccccc2s1)N(C)C(=O)NCC1CCOC1. The van der Waals surface area contributed by atoms with Crippen molar-refractivity contribution in [1.82, 2.24) is 15.2 Å². The Morgan fingerprint density at radius 3 is 3.09 bits per heavy atom. The Hall–Kier alpha value is -1.66. The Morgan fingerprint density at radius 2 is 2.36 bits per heavy atom. The van der Waals surface area contributed by atoms with Crippen molar-refractivity contribution in [2.75, 3.05) is 26.8 Å². The molecule has 1 aliphatic heterocycles. The average Bonchev–Trinajstić information content (AvgIpc) is 3.19. The van der Waals surface area contributed by atoms with Crippen LogP contribution in [-0.4, -0.2) is 42.7 Å². The number of carbonyl (C=O) groups excluding carboxylic acids is 1. The van der Waals surface area contributed by atoms with Crippen molar-refractivity contribution in [3.63, 3.8) is 0 Å². The van der Waals surface area contributed by atoms with Crippen molar-refractivity contribution in [2.24, 2.45) is 5.92 Å². The number of carbonyl (C=O) groups is 1. The van der Waals surface area contributed by atoms with Crippen molar-refractivity contribution in [3.8, 4) is 0 Å². The molecule has 118 valence electrons. The number of thiazole rings is 1. The maximum atomic E-state index is 12.3. The van der Waals surface area contributed by atoms with Crippen LogP contribution >= 0.6 is 11.3 Å². The van der Waals surface area contributed by atoms with Crippen LogP contribution < -0.4 is 5.32 Å². The number of para-hydroxylation sites is 1. The predicted molar refractivity (Wildman–Crippen MR) is 88.1 cm³/mol. The molecule has 2 aromatic rings. The third-order valence-corrected chi connectivity index (χ3v) is 5.34. The van der Waals surface area contributed by atoms with E-state index in [1.165, 1.54) is 0 Å². The number of benzene rings is 1. The molecule has 1 aliphatic rings. The van der Waals surface area contributed by atoms with Crippen LogP contribution in [0.5, 0.6) is 0 Å². The third kappa shape index (κ3) is 3.23. The maximum Gasteiger partial charge on any atom is 0.317 e. The van der Waals surface area contributed by atoms with E-state index in [0.717, 1.165) is 34.9 Å². The molecule has 6 heteroatoms. The summed E-state index contributed by atoms with van der Waals surface area (Å²) in [7, 11) is 1.82. The Balaban J connectivity index is 1.62. The van der Waals surface area contributed by atoms with Gasteiger partial charge in [0.25, 0.3) is 0 Å². The molecule has 3 rings (SSSR count). The lowest BCUT2D eigenvalue weighted by Gasteiger charge is -2.24. The minimum absolute atomic E-state index is 0.0442. The van der Waals surface area contributed by atoms with Gasteiger partial charge < -0.3 is 15.0 Å². The first-order valence-corrected chi connectivity index (χ1v) is 8.40. The highest BCUT2D eigenvalue weighted by molar-refractivity contribution is 7.18. The molecule has 0 bridgehead atoms. The topological polar surface area (TPSA) is 54.5 Å². The quantitative estimate of drug-likeness (QED) is 0.942. The standard InChI is InChI=1S/C16H21N3O2S/c1-11(15-18-13-5-3-4-6-14(13)22-15)19(2)16(20)17-9-12-7-8-21-10-12/h3-6,11-12H,7-10H2,1-2H3,(H,17,20). The number of hydrogen-bond acceptors (Lipinski definition) is 4. The second kappa shape index (κ2) is 6.62. The first-order chi connectivity index (χ1) is 10.6. The summed E-state index contributed by atoms with van der Waals surface area (Å²) in [4.78, 5) is 18.6. The Bertz CT molecular complexity index is 619. The highest BCUT2D eigenvalue weighted by atomic mass is 32.1. The van der Waals surface area contributed by atoms with Crippen LogP contribution in [0.2, 0.25) is 0 Å².